The predicted molar refractivity (Wildman–Crippen MR) is 120 cm³/mol. The van der Waals surface area contributed by atoms with E-state index in [2.05, 4.69) is 44.3 Å². The molecule has 1 atom stereocenters. The fourth-order valence-corrected chi connectivity index (χ4v) is 5.40. The van der Waals surface area contributed by atoms with Crippen LogP contribution < -0.4 is 0 Å². The highest BCUT2D eigenvalue weighted by atomic mass is 35.5. The normalized spacial score (nSPS) is 18.9. The number of halogens is 1. The van der Waals surface area contributed by atoms with Gasteiger partial charge in [-0.1, -0.05) is 47.1 Å². The van der Waals surface area contributed by atoms with Crippen molar-refractivity contribution < 1.29 is 9.32 Å². The summed E-state index contributed by atoms with van der Waals surface area (Å²) in [6.07, 6.45) is 2.58. The number of hydrogen-bond donors (Lipinski definition) is 0. The van der Waals surface area contributed by atoms with Crippen LogP contribution in [0.2, 0.25) is 5.02 Å². The molecule has 33 heavy (non-hydrogen) atoms. The van der Waals surface area contributed by atoms with Crippen LogP contribution in [0.3, 0.4) is 0 Å². The summed E-state index contributed by atoms with van der Waals surface area (Å²) in [7, 11) is 0. The van der Waals surface area contributed by atoms with Gasteiger partial charge >= 0.3 is 0 Å². The zero-order chi connectivity index (χ0) is 22.1. The maximum atomic E-state index is 13.2. The molecule has 0 N–H and O–H groups in total. The number of nitrogens with zero attached hydrogens (tertiary/aromatic N) is 6. The van der Waals surface area contributed by atoms with Gasteiger partial charge in [0, 0.05) is 19.6 Å². The molecule has 0 saturated carbocycles. The van der Waals surface area contributed by atoms with Crippen molar-refractivity contribution in [2.24, 2.45) is 0 Å². The molecule has 0 bridgehead atoms. The van der Waals surface area contributed by atoms with Crippen LogP contribution in [0, 0.1) is 0 Å². The Labute approximate surface area is 194 Å². The van der Waals surface area contributed by atoms with Gasteiger partial charge in [0.2, 0.25) is 11.7 Å². The first kappa shape index (κ1) is 19.0. The first-order valence-electron chi connectivity index (χ1n) is 11.0. The minimum Gasteiger partial charge on any atom is -0.337 e. The fourth-order valence-electron chi connectivity index (χ4n) is 5.15. The van der Waals surface area contributed by atoms with Crippen LogP contribution in [-0.2, 0) is 19.6 Å². The van der Waals surface area contributed by atoms with Gasteiger partial charge in [0.15, 0.2) is 0 Å². The molecule has 2 aromatic heterocycles. The van der Waals surface area contributed by atoms with E-state index in [0.717, 1.165) is 30.9 Å². The van der Waals surface area contributed by atoms with Crippen molar-refractivity contribution in [2.75, 3.05) is 6.54 Å². The summed E-state index contributed by atoms with van der Waals surface area (Å²) in [6.45, 7) is 2.99. The molecular weight excluding hydrogens is 440 g/mol. The second kappa shape index (κ2) is 7.00. The first-order chi connectivity index (χ1) is 16.2. The smallest absolute Gasteiger partial charge is 0.258 e. The molecule has 1 fully saturated rings. The Kier molecular flexibility index (Phi) is 4.04. The number of amides is 1. The van der Waals surface area contributed by atoms with Crippen molar-refractivity contribution in [1.29, 1.82) is 0 Å². The van der Waals surface area contributed by atoms with Crippen LogP contribution >= 0.6 is 11.6 Å². The third-order valence-electron chi connectivity index (χ3n) is 6.81. The van der Waals surface area contributed by atoms with Crippen LogP contribution in [0.4, 0.5) is 0 Å². The van der Waals surface area contributed by atoms with Crippen LogP contribution in [0.1, 0.15) is 45.5 Å². The van der Waals surface area contributed by atoms with Crippen molar-refractivity contribution in [3.05, 3.63) is 82.1 Å². The highest BCUT2D eigenvalue weighted by molar-refractivity contribution is 6.34. The molecule has 9 heteroatoms. The fraction of sp³-hybridized carbons (Fsp3) is 0.250. The SMILES string of the molecule is O=C1c2c(Cl)cccc2-n2cnc(-c3noc(CN4Cc5ccccc5C4)n3)c2[C@@H]2CCN12. The third-order valence-corrected chi connectivity index (χ3v) is 7.13. The van der Waals surface area contributed by atoms with E-state index in [-0.39, 0.29) is 11.9 Å². The predicted octanol–water partition coefficient (Wildman–Crippen LogP) is 3.99. The van der Waals surface area contributed by atoms with E-state index < -0.39 is 0 Å². The largest absolute Gasteiger partial charge is 0.337 e. The molecule has 0 radical (unpaired) electrons. The van der Waals surface area contributed by atoms with Gasteiger partial charge in [0.25, 0.3) is 5.91 Å². The molecule has 5 heterocycles. The summed E-state index contributed by atoms with van der Waals surface area (Å²) < 4.78 is 7.56. The van der Waals surface area contributed by atoms with E-state index in [4.69, 9.17) is 16.1 Å². The molecule has 7 rings (SSSR count). The molecular formula is C24H19ClN6O2. The second-order valence-corrected chi connectivity index (χ2v) is 9.12. The number of carbonyl (C=O) groups is 1. The standard InChI is InChI=1S/C24H19ClN6O2/c25-16-6-3-7-17-20(16)24(32)30-9-8-18(30)22-21(26-13-31(17)22)23-27-19(33-28-23)12-29-10-14-4-1-2-5-15(14)11-29/h1-7,13,18H,8-12H2/t18-/m0/s1. The lowest BCUT2D eigenvalue weighted by atomic mass is 9.97. The van der Waals surface area contributed by atoms with Gasteiger partial charge in [0.1, 0.15) is 12.0 Å². The van der Waals surface area contributed by atoms with Gasteiger partial charge in [-0.05, 0) is 29.7 Å². The van der Waals surface area contributed by atoms with Gasteiger partial charge in [0.05, 0.1) is 34.6 Å². The molecule has 3 aliphatic rings. The van der Waals surface area contributed by atoms with E-state index in [1.807, 2.05) is 21.6 Å². The molecule has 2 aromatic carbocycles. The van der Waals surface area contributed by atoms with Gasteiger partial charge in [-0.3, -0.25) is 14.3 Å². The van der Waals surface area contributed by atoms with Crippen molar-refractivity contribution in [3.8, 4) is 17.2 Å². The quantitative estimate of drug-likeness (QED) is 0.461. The van der Waals surface area contributed by atoms with E-state index in [0.29, 0.717) is 41.1 Å². The zero-order valence-corrected chi connectivity index (χ0v) is 18.4. The second-order valence-electron chi connectivity index (χ2n) is 8.71. The molecule has 8 nitrogen and oxygen atoms in total. The zero-order valence-electron chi connectivity index (χ0n) is 17.6. The number of benzene rings is 2. The summed E-state index contributed by atoms with van der Waals surface area (Å²) in [6, 6.07) is 13.9. The molecule has 164 valence electrons. The molecule has 0 aliphatic carbocycles. The molecule has 4 aromatic rings. The van der Waals surface area contributed by atoms with Crippen LogP contribution in [0.15, 0.2) is 53.3 Å². The van der Waals surface area contributed by atoms with E-state index in [1.165, 1.54) is 11.1 Å². The number of imidazole rings is 1. The molecule has 0 spiro atoms. The van der Waals surface area contributed by atoms with Crippen molar-refractivity contribution in [3.63, 3.8) is 0 Å². The number of rotatable bonds is 3. The maximum Gasteiger partial charge on any atom is 0.258 e. The third kappa shape index (κ3) is 2.81. The van der Waals surface area contributed by atoms with Crippen molar-refractivity contribution >= 4 is 17.5 Å². The average Bonchev–Trinajstić information content (AvgIpc) is 3.49. The van der Waals surface area contributed by atoms with Crippen molar-refractivity contribution in [1.82, 2.24) is 29.5 Å². The van der Waals surface area contributed by atoms with E-state index in [9.17, 15) is 4.79 Å². The minimum atomic E-state index is -0.0894. The lowest BCUT2D eigenvalue weighted by molar-refractivity contribution is 0.0461. The Bertz CT molecular complexity index is 1400. The van der Waals surface area contributed by atoms with Gasteiger partial charge < -0.3 is 9.42 Å². The number of fused-ring (bicyclic) bond motifs is 6. The average molecular weight is 459 g/mol. The molecule has 1 amide bonds. The van der Waals surface area contributed by atoms with E-state index in [1.54, 1.807) is 12.4 Å². The van der Waals surface area contributed by atoms with Crippen LogP contribution in [0.5, 0.6) is 0 Å². The number of carbonyl (C=O) groups excluding carboxylic acids is 1. The summed E-state index contributed by atoms with van der Waals surface area (Å²) in [5.41, 5.74) is 5.46. The number of aromatic nitrogens is 4. The summed E-state index contributed by atoms with van der Waals surface area (Å²) in [5.74, 6) is 0.947. The van der Waals surface area contributed by atoms with Crippen LogP contribution in [0.25, 0.3) is 17.2 Å². The Morgan fingerprint density at radius 3 is 2.67 bits per heavy atom. The molecule has 3 aliphatic heterocycles. The monoisotopic (exact) mass is 458 g/mol. The Balaban J connectivity index is 1.24. The molecule has 0 unspecified atom stereocenters. The Hall–Kier alpha value is -3.49. The first-order valence-corrected chi connectivity index (χ1v) is 11.3. The Morgan fingerprint density at radius 2 is 1.91 bits per heavy atom. The lowest BCUT2D eigenvalue weighted by Crippen LogP contribution is -2.44. The summed E-state index contributed by atoms with van der Waals surface area (Å²) in [5, 5.41) is 4.69. The Morgan fingerprint density at radius 1 is 1.09 bits per heavy atom. The lowest BCUT2D eigenvalue weighted by Gasteiger charge is -2.39. The summed E-state index contributed by atoms with van der Waals surface area (Å²) in [4.78, 5) is 26.6. The van der Waals surface area contributed by atoms with Crippen LogP contribution in [-0.4, -0.2) is 41.9 Å². The van der Waals surface area contributed by atoms with E-state index >= 15 is 0 Å². The summed E-state index contributed by atoms with van der Waals surface area (Å²) >= 11 is 6.43. The van der Waals surface area contributed by atoms with Gasteiger partial charge in [-0.25, -0.2) is 4.98 Å². The highest BCUT2D eigenvalue weighted by Crippen LogP contribution is 2.44. The van der Waals surface area contributed by atoms with Gasteiger partial charge in [-0.15, -0.1) is 0 Å². The minimum absolute atomic E-state index is 0.0519. The van der Waals surface area contributed by atoms with Crippen molar-refractivity contribution in [2.45, 2.75) is 32.1 Å². The van der Waals surface area contributed by atoms with Gasteiger partial charge in [-0.2, -0.15) is 4.98 Å². The number of hydrogen-bond acceptors (Lipinski definition) is 6. The molecule has 1 saturated heterocycles. The highest BCUT2D eigenvalue weighted by Gasteiger charge is 2.43. The maximum absolute atomic E-state index is 13.2. The topological polar surface area (TPSA) is 80.3 Å².